The Balaban J connectivity index is 2.68. The number of pyridine rings is 1. The Morgan fingerprint density at radius 3 is 3.00 bits per heavy atom. The molecule has 1 heterocycles. The van der Waals surface area contributed by atoms with Crippen molar-refractivity contribution in [2.24, 2.45) is 5.84 Å². The molecule has 4 heteroatoms. The van der Waals surface area contributed by atoms with Crippen molar-refractivity contribution in [2.45, 2.75) is 19.9 Å². The molecule has 1 unspecified atom stereocenters. The fraction of sp³-hybridized carbons (Fsp3) is 0.500. The molecular weight excluding hydrogens is 178 g/mol. The predicted molar refractivity (Wildman–Crippen MR) is 55.5 cm³/mol. The molecule has 0 aliphatic heterocycles. The predicted octanol–water partition coefficient (Wildman–Crippen LogP) is 0.931. The number of ether oxygens (including phenoxy) is 1. The summed E-state index contributed by atoms with van der Waals surface area (Å²) in [6, 6.07) is 3.93. The molecule has 1 atom stereocenters. The van der Waals surface area contributed by atoms with E-state index in [0.29, 0.717) is 13.2 Å². The third-order valence-corrected chi connectivity index (χ3v) is 1.98. The van der Waals surface area contributed by atoms with Gasteiger partial charge < -0.3 is 4.74 Å². The van der Waals surface area contributed by atoms with Crippen LogP contribution in [0.2, 0.25) is 0 Å². The molecule has 0 aliphatic rings. The first-order valence-corrected chi connectivity index (χ1v) is 4.74. The lowest BCUT2D eigenvalue weighted by Gasteiger charge is -2.15. The van der Waals surface area contributed by atoms with Crippen LogP contribution in [0, 0.1) is 6.92 Å². The Morgan fingerprint density at radius 2 is 2.43 bits per heavy atom. The summed E-state index contributed by atoms with van der Waals surface area (Å²) in [6.45, 7) is 5.21. The molecule has 1 aromatic rings. The van der Waals surface area contributed by atoms with Crippen LogP contribution in [0.1, 0.15) is 24.2 Å². The van der Waals surface area contributed by atoms with E-state index in [0.717, 1.165) is 5.69 Å². The van der Waals surface area contributed by atoms with Crippen molar-refractivity contribution in [1.82, 2.24) is 10.4 Å². The minimum atomic E-state index is -0.0325. The van der Waals surface area contributed by atoms with Gasteiger partial charge >= 0.3 is 0 Å². The van der Waals surface area contributed by atoms with Gasteiger partial charge in [0.25, 0.3) is 0 Å². The van der Waals surface area contributed by atoms with Gasteiger partial charge in [0, 0.05) is 12.8 Å². The summed E-state index contributed by atoms with van der Waals surface area (Å²) < 4.78 is 5.30. The maximum absolute atomic E-state index is 5.43. The highest BCUT2D eigenvalue weighted by molar-refractivity contribution is 5.17. The molecule has 14 heavy (non-hydrogen) atoms. The van der Waals surface area contributed by atoms with Gasteiger partial charge in [0.1, 0.15) is 0 Å². The zero-order valence-corrected chi connectivity index (χ0v) is 8.66. The second-order valence-electron chi connectivity index (χ2n) is 3.14. The number of nitrogens with one attached hydrogen (secondary N) is 1. The van der Waals surface area contributed by atoms with Gasteiger partial charge in [0.05, 0.1) is 18.3 Å². The Morgan fingerprint density at radius 1 is 1.64 bits per heavy atom. The van der Waals surface area contributed by atoms with E-state index < -0.39 is 0 Å². The van der Waals surface area contributed by atoms with Gasteiger partial charge in [0.15, 0.2) is 0 Å². The summed E-state index contributed by atoms with van der Waals surface area (Å²) >= 11 is 0. The third-order valence-electron chi connectivity index (χ3n) is 1.98. The van der Waals surface area contributed by atoms with Crippen molar-refractivity contribution in [2.75, 3.05) is 13.2 Å². The molecule has 1 rings (SSSR count). The zero-order valence-electron chi connectivity index (χ0n) is 8.66. The van der Waals surface area contributed by atoms with E-state index in [1.165, 1.54) is 5.56 Å². The Kier molecular flexibility index (Phi) is 4.52. The summed E-state index contributed by atoms with van der Waals surface area (Å²) in [5, 5.41) is 0. The number of aromatic nitrogens is 1. The van der Waals surface area contributed by atoms with Crippen LogP contribution in [0.3, 0.4) is 0 Å². The van der Waals surface area contributed by atoms with E-state index in [4.69, 9.17) is 10.6 Å². The van der Waals surface area contributed by atoms with Crippen molar-refractivity contribution >= 4 is 0 Å². The molecule has 0 aromatic carbocycles. The number of nitrogens with zero attached hydrogens (tertiary/aromatic N) is 1. The molecule has 0 amide bonds. The molecule has 78 valence electrons. The fourth-order valence-corrected chi connectivity index (χ4v) is 1.20. The van der Waals surface area contributed by atoms with Gasteiger partial charge in [-0.05, 0) is 31.5 Å². The quantitative estimate of drug-likeness (QED) is 0.542. The van der Waals surface area contributed by atoms with E-state index in [-0.39, 0.29) is 6.04 Å². The van der Waals surface area contributed by atoms with E-state index in [1.807, 2.05) is 26.0 Å². The van der Waals surface area contributed by atoms with E-state index in [9.17, 15) is 0 Å². The van der Waals surface area contributed by atoms with Crippen molar-refractivity contribution in [3.8, 4) is 0 Å². The van der Waals surface area contributed by atoms with Crippen LogP contribution in [0.5, 0.6) is 0 Å². The van der Waals surface area contributed by atoms with Gasteiger partial charge in [0.2, 0.25) is 0 Å². The van der Waals surface area contributed by atoms with Crippen LogP contribution in [-0.4, -0.2) is 18.2 Å². The fourth-order valence-electron chi connectivity index (χ4n) is 1.20. The number of aryl methyl sites for hydroxylation is 1. The molecule has 0 bridgehead atoms. The number of nitrogens with two attached hydrogens (primary N) is 1. The van der Waals surface area contributed by atoms with Crippen molar-refractivity contribution in [3.63, 3.8) is 0 Å². The molecule has 3 N–H and O–H groups in total. The average Bonchev–Trinajstić information content (AvgIpc) is 2.19. The molecule has 0 saturated carbocycles. The Labute approximate surface area is 84.4 Å². The average molecular weight is 195 g/mol. The second-order valence-corrected chi connectivity index (χ2v) is 3.14. The normalized spacial score (nSPS) is 12.8. The SMILES string of the molecule is CCOCC(NN)c1cc(C)ccn1. The first kappa shape index (κ1) is 11.1. The van der Waals surface area contributed by atoms with Crippen LogP contribution in [0.25, 0.3) is 0 Å². The largest absolute Gasteiger partial charge is 0.380 e. The van der Waals surface area contributed by atoms with Crippen molar-refractivity contribution in [1.29, 1.82) is 0 Å². The molecule has 0 radical (unpaired) electrons. The van der Waals surface area contributed by atoms with Crippen LogP contribution in [0.15, 0.2) is 18.3 Å². The minimum Gasteiger partial charge on any atom is -0.380 e. The van der Waals surface area contributed by atoms with E-state index in [2.05, 4.69) is 10.4 Å². The lowest BCUT2D eigenvalue weighted by atomic mass is 10.1. The lowest BCUT2D eigenvalue weighted by molar-refractivity contribution is 0.122. The first-order chi connectivity index (χ1) is 6.77. The number of hydrogen-bond donors (Lipinski definition) is 2. The van der Waals surface area contributed by atoms with Crippen LogP contribution >= 0.6 is 0 Å². The topological polar surface area (TPSA) is 60.2 Å². The van der Waals surface area contributed by atoms with Gasteiger partial charge in [-0.2, -0.15) is 0 Å². The molecule has 4 nitrogen and oxygen atoms in total. The van der Waals surface area contributed by atoms with Crippen LogP contribution in [-0.2, 0) is 4.74 Å². The molecule has 0 saturated heterocycles. The van der Waals surface area contributed by atoms with Crippen molar-refractivity contribution in [3.05, 3.63) is 29.6 Å². The maximum atomic E-state index is 5.43. The van der Waals surface area contributed by atoms with E-state index in [1.54, 1.807) is 6.20 Å². The monoisotopic (exact) mass is 195 g/mol. The molecular formula is C10H17N3O. The molecule has 0 aliphatic carbocycles. The smallest absolute Gasteiger partial charge is 0.0865 e. The van der Waals surface area contributed by atoms with Gasteiger partial charge in [-0.25, -0.2) is 5.43 Å². The standard InChI is InChI=1S/C10H17N3O/c1-3-14-7-10(13-11)9-6-8(2)4-5-12-9/h4-6,10,13H,3,7,11H2,1-2H3. The van der Waals surface area contributed by atoms with Crippen LogP contribution in [0.4, 0.5) is 0 Å². The van der Waals surface area contributed by atoms with Crippen molar-refractivity contribution < 1.29 is 4.74 Å². The highest BCUT2D eigenvalue weighted by atomic mass is 16.5. The third kappa shape index (κ3) is 3.06. The van der Waals surface area contributed by atoms with Crippen LogP contribution < -0.4 is 11.3 Å². The number of hydrazine groups is 1. The Hall–Kier alpha value is -0.970. The zero-order chi connectivity index (χ0) is 10.4. The first-order valence-electron chi connectivity index (χ1n) is 4.74. The van der Waals surface area contributed by atoms with Gasteiger partial charge in [-0.15, -0.1) is 0 Å². The summed E-state index contributed by atoms with van der Waals surface area (Å²) in [5.74, 6) is 5.43. The summed E-state index contributed by atoms with van der Waals surface area (Å²) in [4.78, 5) is 4.24. The highest BCUT2D eigenvalue weighted by Crippen LogP contribution is 2.10. The number of hydrogen-bond acceptors (Lipinski definition) is 4. The number of rotatable bonds is 5. The van der Waals surface area contributed by atoms with Gasteiger partial charge in [-0.1, -0.05) is 0 Å². The summed E-state index contributed by atoms with van der Waals surface area (Å²) in [5.41, 5.74) is 4.78. The second kappa shape index (κ2) is 5.70. The molecule has 1 aromatic heterocycles. The lowest BCUT2D eigenvalue weighted by Crippen LogP contribution is -2.32. The van der Waals surface area contributed by atoms with E-state index >= 15 is 0 Å². The molecule has 0 fully saturated rings. The molecule has 0 spiro atoms. The maximum Gasteiger partial charge on any atom is 0.0865 e. The highest BCUT2D eigenvalue weighted by Gasteiger charge is 2.10. The Bertz CT molecular complexity index is 278. The summed E-state index contributed by atoms with van der Waals surface area (Å²) in [6.07, 6.45) is 1.78. The van der Waals surface area contributed by atoms with Gasteiger partial charge in [-0.3, -0.25) is 10.8 Å². The summed E-state index contributed by atoms with van der Waals surface area (Å²) in [7, 11) is 0. The minimum absolute atomic E-state index is 0.0325.